The van der Waals surface area contributed by atoms with Crippen LogP contribution in [-0.4, -0.2) is 36.6 Å². The fourth-order valence-corrected chi connectivity index (χ4v) is 2.88. The van der Waals surface area contributed by atoms with Crippen molar-refractivity contribution in [1.82, 2.24) is 10.2 Å². The minimum atomic E-state index is 0.324. The van der Waals surface area contributed by atoms with Gasteiger partial charge in [-0.05, 0) is 59.0 Å². The van der Waals surface area contributed by atoms with E-state index in [2.05, 4.69) is 45.0 Å². The zero-order chi connectivity index (χ0) is 13.6. The van der Waals surface area contributed by atoms with Crippen LogP contribution in [-0.2, 0) is 0 Å². The second-order valence-corrected chi connectivity index (χ2v) is 6.65. The third kappa shape index (κ3) is 4.55. The van der Waals surface area contributed by atoms with Gasteiger partial charge in [-0.25, -0.2) is 0 Å². The SMILES string of the molecule is CCCNC(CN(C)C(C)(C)CC)C1CCCC1. The molecule has 0 heterocycles. The Kier molecular flexibility index (Phi) is 6.65. The molecule has 1 unspecified atom stereocenters. The fourth-order valence-electron chi connectivity index (χ4n) is 2.88. The van der Waals surface area contributed by atoms with Gasteiger partial charge in [0.05, 0.1) is 0 Å². The summed E-state index contributed by atoms with van der Waals surface area (Å²) < 4.78 is 0. The maximum absolute atomic E-state index is 3.80. The summed E-state index contributed by atoms with van der Waals surface area (Å²) in [5, 5.41) is 3.80. The Balaban J connectivity index is 2.54. The monoisotopic (exact) mass is 254 g/mol. The molecule has 0 spiro atoms. The quantitative estimate of drug-likeness (QED) is 0.711. The van der Waals surface area contributed by atoms with Gasteiger partial charge in [-0.15, -0.1) is 0 Å². The normalized spacial score (nSPS) is 19.7. The zero-order valence-electron chi connectivity index (χ0n) is 13.3. The minimum absolute atomic E-state index is 0.324. The summed E-state index contributed by atoms with van der Waals surface area (Å²) in [5.41, 5.74) is 0.324. The van der Waals surface area contributed by atoms with Gasteiger partial charge in [0.15, 0.2) is 0 Å². The summed E-state index contributed by atoms with van der Waals surface area (Å²) in [7, 11) is 2.29. The van der Waals surface area contributed by atoms with E-state index >= 15 is 0 Å². The molecular formula is C16H34N2. The highest BCUT2D eigenvalue weighted by Gasteiger charge is 2.29. The largest absolute Gasteiger partial charge is 0.312 e. The molecule has 108 valence electrons. The van der Waals surface area contributed by atoms with E-state index in [-0.39, 0.29) is 0 Å². The molecule has 1 aliphatic rings. The third-order valence-corrected chi connectivity index (χ3v) is 4.99. The molecule has 1 rings (SSSR count). The summed E-state index contributed by atoms with van der Waals surface area (Å²) in [4.78, 5) is 2.55. The average Bonchev–Trinajstić information content (AvgIpc) is 2.87. The van der Waals surface area contributed by atoms with Crippen molar-refractivity contribution < 1.29 is 0 Å². The predicted molar refractivity (Wildman–Crippen MR) is 81.0 cm³/mol. The lowest BCUT2D eigenvalue weighted by Gasteiger charge is -2.39. The molecule has 1 aliphatic carbocycles. The molecule has 1 fully saturated rings. The molecule has 1 N–H and O–H groups in total. The maximum Gasteiger partial charge on any atom is 0.0223 e. The maximum atomic E-state index is 3.80. The molecule has 1 saturated carbocycles. The standard InChI is InChI=1S/C16H34N2/c1-6-12-17-15(14-10-8-9-11-14)13-18(5)16(3,4)7-2/h14-15,17H,6-13H2,1-5H3. The van der Waals surface area contributed by atoms with Crippen LogP contribution in [0.4, 0.5) is 0 Å². The molecule has 0 aliphatic heterocycles. The van der Waals surface area contributed by atoms with E-state index in [0.717, 1.165) is 5.92 Å². The van der Waals surface area contributed by atoms with E-state index in [1.807, 2.05) is 0 Å². The van der Waals surface area contributed by atoms with Crippen molar-refractivity contribution in [3.63, 3.8) is 0 Å². The number of likely N-dealkylation sites (N-methyl/N-ethyl adjacent to an activating group) is 1. The van der Waals surface area contributed by atoms with Gasteiger partial charge in [-0.3, -0.25) is 4.90 Å². The second-order valence-electron chi connectivity index (χ2n) is 6.65. The van der Waals surface area contributed by atoms with E-state index in [4.69, 9.17) is 0 Å². The smallest absolute Gasteiger partial charge is 0.0223 e. The first-order valence-electron chi connectivity index (χ1n) is 7.96. The van der Waals surface area contributed by atoms with E-state index in [9.17, 15) is 0 Å². The highest BCUT2D eigenvalue weighted by Crippen LogP contribution is 2.29. The topological polar surface area (TPSA) is 15.3 Å². The molecule has 18 heavy (non-hydrogen) atoms. The van der Waals surface area contributed by atoms with Crippen LogP contribution in [0.3, 0.4) is 0 Å². The van der Waals surface area contributed by atoms with E-state index < -0.39 is 0 Å². The van der Waals surface area contributed by atoms with Crippen molar-refractivity contribution in [3.05, 3.63) is 0 Å². The Hall–Kier alpha value is -0.0800. The Morgan fingerprint density at radius 1 is 1.22 bits per heavy atom. The minimum Gasteiger partial charge on any atom is -0.312 e. The molecular weight excluding hydrogens is 220 g/mol. The van der Waals surface area contributed by atoms with E-state index in [1.54, 1.807) is 0 Å². The number of hydrogen-bond donors (Lipinski definition) is 1. The second kappa shape index (κ2) is 7.49. The van der Waals surface area contributed by atoms with Crippen molar-refractivity contribution in [2.45, 2.75) is 77.8 Å². The first kappa shape index (κ1) is 16.0. The molecule has 1 atom stereocenters. The lowest BCUT2D eigenvalue weighted by Crippen LogP contribution is -2.50. The van der Waals surface area contributed by atoms with Crippen molar-refractivity contribution in [1.29, 1.82) is 0 Å². The first-order valence-corrected chi connectivity index (χ1v) is 7.96. The molecule has 0 radical (unpaired) electrons. The third-order valence-electron chi connectivity index (χ3n) is 4.99. The molecule has 0 amide bonds. The molecule has 0 aromatic heterocycles. The van der Waals surface area contributed by atoms with Crippen molar-refractivity contribution in [3.8, 4) is 0 Å². The highest BCUT2D eigenvalue weighted by molar-refractivity contribution is 4.86. The number of nitrogens with zero attached hydrogens (tertiary/aromatic N) is 1. The van der Waals surface area contributed by atoms with Gasteiger partial charge in [0.2, 0.25) is 0 Å². The summed E-state index contributed by atoms with van der Waals surface area (Å²) in [5.74, 6) is 0.909. The molecule has 2 nitrogen and oxygen atoms in total. The summed E-state index contributed by atoms with van der Waals surface area (Å²) in [6, 6.07) is 0.697. The number of rotatable bonds is 8. The van der Waals surface area contributed by atoms with Crippen LogP contribution in [0.15, 0.2) is 0 Å². The van der Waals surface area contributed by atoms with Gasteiger partial charge in [-0.1, -0.05) is 26.7 Å². The van der Waals surface area contributed by atoms with Crippen LogP contribution < -0.4 is 5.32 Å². The zero-order valence-corrected chi connectivity index (χ0v) is 13.3. The van der Waals surface area contributed by atoms with Crippen LogP contribution in [0.1, 0.15) is 66.2 Å². The molecule has 0 aromatic carbocycles. The van der Waals surface area contributed by atoms with Gasteiger partial charge < -0.3 is 5.32 Å². The van der Waals surface area contributed by atoms with Crippen LogP contribution in [0.5, 0.6) is 0 Å². The average molecular weight is 254 g/mol. The summed E-state index contributed by atoms with van der Waals surface area (Å²) in [6.07, 6.45) is 8.20. The van der Waals surface area contributed by atoms with Gasteiger partial charge >= 0.3 is 0 Å². The summed E-state index contributed by atoms with van der Waals surface area (Å²) in [6.45, 7) is 11.6. The Morgan fingerprint density at radius 3 is 2.33 bits per heavy atom. The predicted octanol–water partition coefficient (Wildman–Crippen LogP) is 3.67. The lowest BCUT2D eigenvalue weighted by atomic mass is 9.94. The Bertz CT molecular complexity index is 219. The molecule has 0 aromatic rings. The van der Waals surface area contributed by atoms with Crippen LogP contribution >= 0.6 is 0 Å². The van der Waals surface area contributed by atoms with Crippen molar-refractivity contribution in [2.75, 3.05) is 20.1 Å². The molecule has 2 heteroatoms. The van der Waals surface area contributed by atoms with Gasteiger partial charge in [-0.2, -0.15) is 0 Å². The first-order chi connectivity index (χ1) is 8.51. The lowest BCUT2D eigenvalue weighted by molar-refractivity contribution is 0.121. The van der Waals surface area contributed by atoms with Gasteiger partial charge in [0, 0.05) is 18.1 Å². The van der Waals surface area contributed by atoms with E-state index in [0.29, 0.717) is 11.6 Å². The van der Waals surface area contributed by atoms with Crippen LogP contribution in [0.2, 0.25) is 0 Å². The number of hydrogen-bond acceptors (Lipinski definition) is 2. The van der Waals surface area contributed by atoms with Crippen molar-refractivity contribution in [2.24, 2.45) is 5.92 Å². The highest BCUT2D eigenvalue weighted by atomic mass is 15.2. The molecule has 0 saturated heterocycles. The van der Waals surface area contributed by atoms with Crippen molar-refractivity contribution >= 4 is 0 Å². The summed E-state index contributed by atoms with van der Waals surface area (Å²) >= 11 is 0. The van der Waals surface area contributed by atoms with Gasteiger partial charge in [0.25, 0.3) is 0 Å². The Morgan fingerprint density at radius 2 is 1.83 bits per heavy atom. The van der Waals surface area contributed by atoms with Crippen LogP contribution in [0, 0.1) is 5.92 Å². The Labute approximate surface area is 115 Å². The molecule has 0 bridgehead atoms. The van der Waals surface area contributed by atoms with Crippen LogP contribution in [0.25, 0.3) is 0 Å². The fraction of sp³-hybridized carbons (Fsp3) is 1.00. The van der Waals surface area contributed by atoms with E-state index in [1.165, 1.54) is 51.6 Å². The van der Waals surface area contributed by atoms with Gasteiger partial charge in [0.1, 0.15) is 0 Å². The number of nitrogens with one attached hydrogen (secondary N) is 1.